The van der Waals surface area contributed by atoms with Gasteiger partial charge in [0, 0.05) is 24.8 Å². The first-order valence-corrected chi connectivity index (χ1v) is 6.70. The Bertz CT molecular complexity index is 422. The minimum atomic E-state index is -2.97. The van der Waals surface area contributed by atoms with Crippen LogP contribution in [0.1, 0.15) is 12.8 Å². The third-order valence-electron chi connectivity index (χ3n) is 1.77. The monoisotopic (exact) mass is 464 g/mol. The number of aliphatic hydroxyl groups is 1. The van der Waals surface area contributed by atoms with Gasteiger partial charge in [0.15, 0.2) is 0 Å². The molecule has 0 aliphatic carbocycles. The molecular formula is C10H8O8Pb. The molecule has 1 aromatic heterocycles. The van der Waals surface area contributed by atoms with E-state index in [1.54, 1.807) is 6.26 Å². The molecule has 8 nitrogen and oxygen atoms in total. The SMILES string of the molecule is O=C([O-])CC(O)(CC(=O)[O-])C(=O)[O-].[Pb+3][c]1ccco1. The fourth-order valence-electron chi connectivity index (χ4n) is 0.963. The predicted octanol–water partition coefficient (Wildman–Crippen LogP) is -5.18. The van der Waals surface area contributed by atoms with Gasteiger partial charge in [0.05, 0.1) is 5.97 Å². The number of rotatable bonds is 5. The maximum absolute atomic E-state index is 10.1. The molecule has 100 valence electrons. The number of hydrogen-bond acceptors (Lipinski definition) is 8. The Labute approximate surface area is 123 Å². The summed E-state index contributed by atoms with van der Waals surface area (Å²) in [5.41, 5.74) is -2.97. The molecule has 0 spiro atoms. The van der Waals surface area contributed by atoms with E-state index in [9.17, 15) is 29.7 Å². The van der Waals surface area contributed by atoms with Crippen LogP contribution < -0.4 is 18.6 Å². The van der Waals surface area contributed by atoms with Crippen LogP contribution in [0.5, 0.6) is 0 Å². The van der Waals surface area contributed by atoms with Crippen molar-refractivity contribution < 1.29 is 39.2 Å². The van der Waals surface area contributed by atoms with Crippen LogP contribution in [0, 0.1) is 0 Å². The van der Waals surface area contributed by atoms with Crippen LogP contribution in [0.3, 0.4) is 0 Å². The first-order valence-electron chi connectivity index (χ1n) is 4.76. The van der Waals surface area contributed by atoms with Gasteiger partial charge in [-0.3, -0.25) is 0 Å². The van der Waals surface area contributed by atoms with Gasteiger partial charge in [-0.15, -0.1) is 0 Å². The number of furan rings is 1. The quantitative estimate of drug-likeness (QED) is 0.425. The predicted molar refractivity (Wildman–Crippen MR) is 53.3 cm³/mol. The number of aliphatic carboxylic acids is 3. The van der Waals surface area contributed by atoms with Crippen molar-refractivity contribution in [3.63, 3.8) is 0 Å². The Morgan fingerprint density at radius 3 is 1.84 bits per heavy atom. The molecule has 1 aromatic rings. The van der Waals surface area contributed by atoms with Gasteiger partial charge in [0.1, 0.15) is 5.60 Å². The Hall–Kier alpha value is -1.43. The third-order valence-corrected chi connectivity index (χ3v) is 2.88. The van der Waals surface area contributed by atoms with Crippen molar-refractivity contribution in [2.75, 3.05) is 0 Å². The van der Waals surface area contributed by atoms with Gasteiger partial charge in [0.25, 0.3) is 0 Å². The second-order valence-electron chi connectivity index (χ2n) is 3.39. The van der Waals surface area contributed by atoms with Crippen molar-refractivity contribution in [3.8, 4) is 0 Å². The van der Waals surface area contributed by atoms with Crippen LogP contribution in [0.2, 0.25) is 0 Å². The van der Waals surface area contributed by atoms with Crippen LogP contribution in [0.4, 0.5) is 0 Å². The van der Waals surface area contributed by atoms with E-state index < -0.39 is 36.4 Å². The summed E-state index contributed by atoms with van der Waals surface area (Å²) in [5, 5.41) is 38.9. The zero-order valence-electron chi connectivity index (χ0n) is 9.45. The second-order valence-corrected chi connectivity index (χ2v) is 5.31. The molecule has 0 aliphatic heterocycles. The minimum absolute atomic E-state index is 1.03. The standard InChI is InChI=1S/C6H8O7.C4H3O.Pb/c7-3(8)1-6(13,5(11)12)2-4(9)10;1-2-4-5-3-1;/h13H,1-2H2,(H,7,8)(H,9,10)(H,11,12);1-3H;/q;;+3/p-3. The third kappa shape index (κ3) is 7.56. The van der Waals surface area contributed by atoms with E-state index in [4.69, 9.17) is 9.52 Å². The summed E-state index contributed by atoms with van der Waals surface area (Å²) in [5.74, 6) is -5.98. The van der Waals surface area contributed by atoms with Gasteiger partial charge in [-0.2, -0.15) is 0 Å². The van der Waals surface area contributed by atoms with Crippen LogP contribution in [0.15, 0.2) is 22.8 Å². The van der Waals surface area contributed by atoms with Crippen LogP contribution in [-0.4, -0.2) is 54.4 Å². The van der Waals surface area contributed by atoms with E-state index in [1.165, 1.54) is 0 Å². The summed E-state index contributed by atoms with van der Waals surface area (Å²) in [6.07, 6.45) is -1.02. The summed E-state index contributed by atoms with van der Waals surface area (Å²) < 4.78 is 6.00. The topological polar surface area (TPSA) is 154 Å². The number of carboxylic acid groups (broad SMARTS) is 3. The van der Waals surface area contributed by atoms with Crippen LogP contribution in [-0.2, 0) is 14.4 Å². The first-order chi connectivity index (χ1) is 8.67. The summed E-state index contributed by atoms with van der Waals surface area (Å²) in [7, 11) is 0. The van der Waals surface area contributed by atoms with Crippen molar-refractivity contribution in [3.05, 3.63) is 18.4 Å². The molecule has 19 heavy (non-hydrogen) atoms. The van der Waals surface area contributed by atoms with E-state index in [0.717, 1.165) is 29.1 Å². The maximum atomic E-state index is 10.1. The van der Waals surface area contributed by atoms with Crippen LogP contribution in [0.25, 0.3) is 0 Å². The van der Waals surface area contributed by atoms with Crippen molar-refractivity contribution >= 4 is 47.0 Å². The second kappa shape index (κ2) is 7.89. The fraction of sp³-hybridized carbons (Fsp3) is 0.300. The molecule has 9 heteroatoms. The number of carbonyl (C=O) groups is 3. The summed E-state index contributed by atoms with van der Waals surface area (Å²) in [6, 6.07) is 3.88. The molecule has 0 bridgehead atoms. The summed E-state index contributed by atoms with van der Waals surface area (Å²) in [6.45, 7) is 0. The molecule has 0 amide bonds. The van der Waals surface area contributed by atoms with Gasteiger partial charge in [-0.05, 0) is 0 Å². The normalized spacial score (nSPS) is 10.3. The summed E-state index contributed by atoms with van der Waals surface area (Å²) in [4.78, 5) is 30.0. The number of hydrogen-bond donors (Lipinski definition) is 1. The van der Waals surface area contributed by atoms with Crippen molar-refractivity contribution in [1.82, 2.24) is 0 Å². The molecule has 0 atom stereocenters. The zero-order chi connectivity index (χ0) is 15.1. The van der Waals surface area contributed by atoms with Gasteiger partial charge in [0.2, 0.25) is 0 Å². The van der Waals surface area contributed by atoms with E-state index in [1.807, 2.05) is 12.1 Å². The fourth-order valence-corrected chi connectivity index (χ4v) is 1.60. The van der Waals surface area contributed by atoms with Crippen molar-refractivity contribution in [2.45, 2.75) is 18.4 Å². The summed E-state index contributed by atoms with van der Waals surface area (Å²) >= 11 is 1.03. The van der Waals surface area contributed by atoms with Crippen LogP contribution >= 0.6 is 0 Å². The molecule has 1 N–H and O–H groups in total. The van der Waals surface area contributed by atoms with E-state index >= 15 is 0 Å². The number of carboxylic acids is 3. The van der Waals surface area contributed by atoms with E-state index in [-0.39, 0.29) is 0 Å². The molecule has 0 aliphatic rings. The molecular weight excluding hydrogens is 455 g/mol. The van der Waals surface area contributed by atoms with E-state index in [2.05, 4.69) is 0 Å². The molecule has 1 rings (SSSR count). The molecule has 1 heterocycles. The Kier molecular flexibility index (Phi) is 7.29. The average Bonchev–Trinajstić information content (AvgIpc) is 2.67. The molecule has 0 aromatic carbocycles. The Morgan fingerprint density at radius 1 is 1.21 bits per heavy atom. The van der Waals surface area contributed by atoms with Crippen molar-refractivity contribution in [2.24, 2.45) is 0 Å². The molecule has 0 unspecified atom stereocenters. The average molecular weight is 463 g/mol. The first kappa shape index (κ1) is 17.6. The van der Waals surface area contributed by atoms with Crippen molar-refractivity contribution in [1.29, 1.82) is 0 Å². The number of carbonyl (C=O) groups excluding carboxylic acids is 3. The molecule has 0 saturated carbocycles. The molecule has 0 fully saturated rings. The zero-order valence-corrected chi connectivity index (χ0v) is 13.3. The molecule has 0 radical (unpaired) electrons. The van der Waals surface area contributed by atoms with Gasteiger partial charge in [-0.25, -0.2) is 0 Å². The molecule has 0 saturated heterocycles. The van der Waals surface area contributed by atoms with E-state index in [0.29, 0.717) is 0 Å². The Morgan fingerprint density at radius 2 is 1.68 bits per heavy atom. The van der Waals surface area contributed by atoms with Gasteiger partial charge >= 0.3 is 51.9 Å². The van der Waals surface area contributed by atoms with Gasteiger partial charge < -0.3 is 34.8 Å². The Balaban J connectivity index is 0.000000443. The van der Waals surface area contributed by atoms with Gasteiger partial charge in [-0.1, -0.05) is 0 Å².